The third kappa shape index (κ3) is 4.01. The fourth-order valence-corrected chi connectivity index (χ4v) is 1.66. The molecule has 0 atom stereocenters. The predicted molar refractivity (Wildman–Crippen MR) is 63.2 cm³/mol. The molecule has 0 unspecified atom stereocenters. The fourth-order valence-electron chi connectivity index (χ4n) is 1.66. The lowest BCUT2D eigenvalue weighted by atomic mass is 10.0. The number of hydrogen-bond donors (Lipinski definition) is 0. The zero-order valence-corrected chi connectivity index (χ0v) is 10.0. The summed E-state index contributed by atoms with van der Waals surface area (Å²) in [5.74, 6) is -0.131. The van der Waals surface area contributed by atoms with Crippen LogP contribution in [0.1, 0.15) is 37.8 Å². The van der Waals surface area contributed by atoms with E-state index in [0.29, 0.717) is 13.0 Å². The van der Waals surface area contributed by atoms with Gasteiger partial charge in [-0.05, 0) is 37.0 Å². The Hall–Kier alpha value is -1.38. The van der Waals surface area contributed by atoms with Gasteiger partial charge in [-0.25, -0.2) is 0 Å². The highest BCUT2D eigenvalue weighted by Gasteiger charge is 2.06. The SMILES string of the molecule is CCCc1ccncc1CCC(=O)OCC. The normalized spacial score (nSPS) is 10.1. The van der Waals surface area contributed by atoms with Crippen molar-refractivity contribution in [3.8, 4) is 0 Å². The summed E-state index contributed by atoms with van der Waals surface area (Å²) >= 11 is 0. The molecule has 0 aromatic carbocycles. The molecule has 0 spiro atoms. The number of carbonyl (C=O) groups excluding carboxylic acids is 1. The van der Waals surface area contributed by atoms with Gasteiger partial charge in [-0.2, -0.15) is 0 Å². The smallest absolute Gasteiger partial charge is 0.306 e. The van der Waals surface area contributed by atoms with Crippen LogP contribution in [0.15, 0.2) is 18.5 Å². The minimum Gasteiger partial charge on any atom is -0.466 e. The molecule has 88 valence electrons. The number of esters is 1. The Morgan fingerprint density at radius 2 is 2.12 bits per heavy atom. The summed E-state index contributed by atoms with van der Waals surface area (Å²) < 4.78 is 4.90. The molecule has 0 saturated heterocycles. The van der Waals surface area contributed by atoms with Crippen molar-refractivity contribution >= 4 is 5.97 Å². The van der Waals surface area contributed by atoms with E-state index in [1.807, 2.05) is 19.2 Å². The number of pyridine rings is 1. The quantitative estimate of drug-likeness (QED) is 0.693. The fraction of sp³-hybridized carbons (Fsp3) is 0.538. The minimum atomic E-state index is -0.131. The molecule has 16 heavy (non-hydrogen) atoms. The Morgan fingerprint density at radius 1 is 1.31 bits per heavy atom. The average Bonchev–Trinajstić information content (AvgIpc) is 2.29. The highest BCUT2D eigenvalue weighted by Crippen LogP contribution is 2.12. The first-order chi connectivity index (χ1) is 7.77. The third-order valence-electron chi connectivity index (χ3n) is 2.43. The molecule has 1 aromatic heterocycles. The van der Waals surface area contributed by atoms with Crippen molar-refractivity contribution in [2.24, 2.45) is 0 Å². The van der Waals surface area contributed by atoms with Crippen molar-refractivity contribution in [3.63, 3.8) is 0 Å². The zero-order chi connectivity index (χ0) is 11.8. The van der Waals surface area contributed by atoms with Crippen LogP contribution in [0.3, 0.4) is 0 Å². The van der Waals surface area contributed by atoms with Crippen LogP contribution in [0.2, 0.25) is 0 Å². The van der Waals surface area contributed by atoms with Gasteiger partial charge in [0.1, 0.15) is 0 Å². The van der Waals surface area contributed by atoms with Crippen molar-refractivity contribution in [2.45, 2.75) is 39.5 Å². The number of nitrogens with zero attached hydrogens (tertiary/aromatic N) is 1. The Kier molecular flexibility index (Phi) is 5.54. The summed E-state index contributed by atoms with van der Waals surface area (Å²) in [5, 5.41) is 0. The molecule has 0 aliphatic heterocycles. The van der Waals surface area contributed by atoms with Gasteiger partial charge < -0.3 is 4.74 Å². The molecule has 0 aliphatic carbocycles. The Labute approximate surface area is 96.8 Å². The van der Waals surface area contributed by atoms with Crippen molar-refractivity contribution in [3.05, 3.63) is 29.6 Å². The van der Waals surface area contributed by atoms with E-state index in [1.54, 1.807) is 6.20 Å². The van der Waals surface area contributed by atoms with Gasteiger partial charge in [0.25, 0.3) is 0 Å². The molecule has 0 aliphatic rings. The van der Waals surface area contributed by atoms with Crippen LogP contribution in [0.5, 0.6) is 0 Å². The molecule has 3 nitrogen and oxygen atoms in total. The highest BCUT2D eigenvalue weighted by atomic mass is 16.5. The second-order valence-electron chi connectivity index (χ2n) is 3.70. The molecule has 0 amide bonds. The van der Waals surface area contributed by atoms with Gasteiger partial charge in [-0.15, -0.1) is 0 Å². The first-order valence-electron chi connectivity index (χ1n) is 5.85. The van der Waals surface area contributed by atoms with Gasteiger partial charge in [0.15, 0.2) is 0 Å². The number of rotatable bonds is 6. The van der Waals surface area contributed by atoms with Crippen LogP contribution < -0.4 is 0 Å². The summed E-state index contributed by atoms with van der Waals surface area (Å²) in [6, 6.07) is 2.03. The topological polar surface area (TPSA) is 39.2 Å². The highest BCUT2D eigenvalue weighted by molar-refractivity contribution is 5.69. The van der Waals surface area contributed by atoms with Crippen molar-refractivity contribution < 1.29 is 9.53 Å². The van der Waals surface area contributed by atoms with Crippen molar-refractivity contribution in [2.75, 3.05) is 6.61 Å². The summed E-state index contributed by atoms with van der Waals surface area (Å²) in [4.78, 5) is 15.3. The second-order valence-corrected chi connectivity index (χ2v) is 3.70. The molecule has 3 heteroatoms. The average molecular weight is 221 g/mol. The minimum absolute atomic E-state index is 0.131. The molecule has 1 rings (SSSR count). The first kappa shape index (κ1) is 12.7. The molecule has 0 fully saturated rings. The summed E-state index contributed by atoms with van der Waals surface area (Å²) in [7, 11) is 0. The van der Waals surface area contributed by atoms with Gasteiger partial charge in [0.05, 0.1) is 6.61 Å². The zero-order valence-electron chi connectivity index (χ0n) is 10.0. The van der Waals surface area contributed by atoms with Gasteiger partial charge in [0, 0.05) is 18.8 Å². The van der Waals surface area contributed by atoms with E-state index in [1.165, 1.54) is 5.56 Å². The van der Waals surface area contributed by atoms with Gasteiger partial charge in [-0.3, -0.25) is 9.78 Å². The van der Waals surface area contributed by atoms with E-state index in [9.17, 15) is 4.79 Å². The Morgan fingerprint density at radius 3 is 2.81 bits per heavy atom. The van der Waals surface area contributed by atoms with Crippen molar-refractivity contribution in [1.29, 1.82) is 0 Å². The van der Waals surface area contributed by atoms with Crippen molar-refractivity contribution in [1.82, 2.24) is 4.98 Å². The maximum absolute atomic E-state index is 11.2. The third-order valence-corrected chi connectivity index (χ3v) is 2.43. The van der Waals surface area contributed by atoms with E-state index in [0.717, 1.165) is 24.8 Å². The number of aryl methyl sites for hydroxylation is 2. The van der Waals surface area contributed by atoms with E-state index in [4.69, 9.17) is 4.74 Å². The predicted octanol–water partition coefficient (Wildman–Crippen LogP) is 2.53. The van der Waals surface area contributed by atoms with Gasteiger partial charge >= 0.3 is 5.97 Å². The number of aromatic nitrogens is 1. The van der Waals surface area contributed by atoms with Crippen LogP contribution in [-0.4, -0.2) is 17.6 Å². The summed E-state index contributed by atoms with van der Waals surface area (Å²) in [5.41, 5.74) is 2.46. The van der Waals surface area contributed by atoms with E-state index >= 15 is 0 Å². The van der Waals surface area contributed by atoms with Gasteiger partial charge in [0.2, 0.25) is 0 Å². The molecular formula is C13H19NO2. The largest absolute Gasteiger partial charge is 0.466 e. The number of hydrogen-bond acceptors (Lipinski definition) is 3. The lowest BCUT2D eigenvalue weighted by Gasteiger charge is -2.07. The molecular weight excluding hydrogens is 202 g/mol. The maximum atomic E-state index is 11.2. The standard InChI is InChI=1S/C13H19NO2/c1-3-5-11-8-9-14-10-12(11)6-7-13(15)16-4-2/h8-10H,3-7H2,1-2H3. The van der Waals surface area contributed by atoms with E-state index in [-0.39, 0.29) is 5.97 Å². The number of ether oxygens (including phenoxy) is 1. The molecule has 0 bridgehead atoms. The molecule has 0 saturated carbocycles. The molecule has 0 radical (unpaired) electrons. The lowest BCUT2D eigenvalue weighted by molar-refractivity contribution is -0.143. The van der Waals surface area contributed by atoms with Gasteiger partial charge in [-0.1, -0.05) is 13.3 Å². The van der Waals surface area contributed by atoms with Crippen LogP contribution in [0, 0.1) is 0 Å². The Bertz CT molecular complexity index is 336. The number of carbonyl (C=O) groups is 1. The molecule has 0 N–H and O–H groups in total. The van der Waals surface area contributed by atoms with E-state index < -0.39 is 0 Å². The van der Waals surface area contributed by atoms with E-state index in [2.05, 4.69) is 11.9 Å². The second kappa shape index (κ2) is 6.99. The molecule has 1 heterocycles. The Balaban J connectivity index is 2.55. The molecule has 1 aromatic rings. The van der Waals surface area contributed by atoms with Crippen LogP contribution >= 0.6 is 0 Å². The maximum Gasteiger partial charge on any atom is 0.306 e. The first-order valence-corrected chi connectivity index (χ1v) is 5.85. The van der Waals surface area contributed by atoms with Crippen LogP contribution in [0.4, 0.5) is 0 Å². The van der Waals surface area contributed by atoms with Crippen LogP contribution in [0.25, 0.3) is 0 Å². The monoisotopic (exact) mass is 221 g/mol. The summed E-state index contributed by atoms with van der Waals surface area (Å²) in [6.07, 6.45) is 6.97. The lowest BCUT2D eigenvalue weighted by Crippen LogP contribution is -2.06. The van der Waals surface area contributed by atoms with Crippen LogP contribution in [-0.2, 0) is 22.4 Å². The summed E-state index contributed by atoms with van der Waals surface area (Å²) in [6.45, 7) is 4.42.